The van der Waals surface area contributed by atoms with Crippen LogP contribution in [0.25, 0.3) is 0 Å². The fourth-order valence-corrected chi connectivity index (χ4v) is 4.22. The molecule has 1 aliphatic carbocycles. The van der Waals surface area contributed by atoms with E-state index < -0.39 is 11.8 Å². The van der Waals surface area contributed by atoms with E-state index in [4.69, 9.17) is 11.6 Å². The van der Waals surface area contributed by atoms with Crippen molar-refractivity contribution in [3.05, 3.63) is 34.2 Å². The van der Waals surface area contributed by atoms with Gasteiger partial charge < -0.3 is 20.0 Å². The summed E-state index contributed by atoms with van der Waals surface area (Å²) in [4.78, 5) is 15.2. The number of aliphatic carboxylic acids is 1. The number of hydrogen-bond donors (Lipinski definition) is 2. The van der Waals surface area contributed by atoms with Crippen molar-refractivity contribution >= 4 is 28.9 Å². The number of anilines is 2. The van der Waals surface area contributed by atoms with Crippen molar-refractivity contribution in [1.82, 2.24) is 0 Å². The molecule has 2 heterocycles. The van der Waals surface area contributed by atoms with Crippen LogP contribution in [0, 0.1) is 11.7 Å². The quantitative estimate of drug-likeness (QED) is 0.858. The highest BCUT2D eigenvalue weighted by Gasteiger charge is 2.37. The molecule has 1 aromatic rings. The Labute approximate surface area is 150 Å². The maximum absolute atomic E-state index is 14.8. The van der Waals surface area contributed by atoms with Gasteiger partial charge in [0, 0.05) is 44.3 Å². The number of nitrogens with zero attached hydrogens (tertiary/aromatic N) is 2. The van der Waals surface area contributed by atoms with Gasteiger partial charge in [-0.1, -0.05) is 11.6 Å². The molecule has 134 valence electrons. The van der Waals surface area contributed by atoms with Crippen LogP contribution < -0.4 is 9.80 Å². The van der Waals surface area contributed by atoms with Gasteiger partial charge in [0.05, 0.1) is 22.0 Å². The minimum atomic E-state index is -0.984. The smallest absolute Gasteiger partial charge is 0.333 e. The summed E-state index contributed by atoms with van der Waals surface area (Å²) in [6.07, 6.45) is 4.57. The first-order valence-electron chi connectivity index (χ1n) is 8.58. The number of fused-ring (bicyclic) bond motifs is 1. The summed E-state index contributed by atoms with van der Waals surface area (Å²) in [5, 5.41) is 19.0. The average molecular weight is 367 g/mol. The van der Waals surface area contributed by atoms with Crippen LogP contribution in [0.5, 0.6) is 0 Å². The molecule has 0 spiro atoms. The van der Waals surface area contributed by atoms with Crippen LogP contribution >= 0.6 is 11.6 Å². The standard InChI is InChI=1S/C18H20ClFN2O3/c19-15-16-11(5-12(18(24)25)8-22(16)13-1-2-13)6-14(20)17(15)21-4-3-10(7-21)9-23/h6,8,10,13,23H,1-5,7,9H2,(H,24,25). The maximum atomic E-state index is 14.8. The molecule has 1 unspecified atom stereocenters. The molecule has 25 heavy (non-hydrogen) atoms. The van der Waals surface area contributed by atoms with E-state index in [1.165, 1.54) is 6.07 Å². The Bertz CT molecular complexity index is 763. The molecule has 0 aromatic heterocycles. The fraction of sp³-hybridized carbons (Fsp3) is 0.500. The van der Waals surface area contributed by atoms with E-state index in [0.29, 0.717) is 29.4 Å². The summed E-state index contributed by atoms with van der Waals surface area (Å²) in [5.74, 6) is -1.28. The summed E-state index contributed by atoms with van der Waals surface area (Å²) >= 11 is 6.63. The van der Waals surface area contributed by atoms with E-state index in [0.717, 1.165) is 24.9 Å². The summed E-state index contributed by atoms with van der Waals surface area (Å²) in [5.41, 5.74) is 1.98. The van der Waals surface area contributed by atoms with Crippen molar-refractivity contribution in [3.63, 3.8) is 0 Å². The third kappa shape index (κ3) is 2.87. The lowest BCUT2D eigenvalue weighted by molar-refractivity contribution is -0.132. The van der Waals surface area contributed by atoms with Gasteiger partial charge in [-0.25, -0.2) is 9.18 Å². The van der Waals surface area contributed by atoms with Gasteiger partial charge in [0.2, 0.25) is 0 Å². The molecule has 0 radical (unpaired) electrons. The first kappa shape index (κ1) is 16.7. The molecule has 1 aromatic carbocycles. The van der Waals surface area contributed by atoms with Gasteiger partial charge in [-0.3, -0.25) is 0 Å². The molecule has 4 rings (SSSR count). The van der Waals surface area contributed by atoms with Gasteiger partial charge in [0.25, 0.3) is 0 Å². The van der Waals surface area contributed by atoms with E-state index in [-0.39, 0.29) is 30.6 Å². The zero-order valence-corrected chi connectivity index (χ0v) is 14.5. The molecule has 2 aliphatic heterocycles. The number of carboxylic acid groups (broad SMARTS) is 1. The Hall–Kier alpha value is -1.79. The highest BCUT2D eigenvalue weighted by molar-refractivity contribution is 6.36. The summed E-state index contributed by atoms with van der Waals surface area (Å²) in [7, 11) is 0. The van der Waals surface area contributed by atoms with Crippen molar-refractivity contribution in [2.45, 2.75) is 31.7 Å². The van der Waals surface area contributed by atoms with E-state index in [1.807, 2.05) is 9.80 Å². The lowest BCUT2D eigenvalue weighted by Gasteiger charge is -2.32. The molecule has 0 amide bonds. The molecule has 2 fully saturated rings. The Morgan fingerprint density at radius 3 is 2.68 bits per heavy atom. The van der Waals surface area contributed by atoms with Crippen molar-refractivity contribution < 1.29 is 19.4 Å². The van der Waals surface area contributed by atoms with Crippen molar-refractivity contribution in [3.8, 4) is 0 Å². The maximum Gasteiger partial charge on any atom is 0.333 e. The van der Waals surface area contributed by atoms with Crippen LogP contribution in [-0.4, -0.2) is 41.9 Å². The first-order valence-corrected chi connectivity index (χ1v) is 8.96. The highest BCUT2D eigenvalue weighted by atomic mass is 35.5. The molecule has 0 bridgehead atoms. The van der Waals surface area contributed by atoms with E-state index in [9.17, 15) is 19.4 Å². The Morgan fingerprint density at radius 2 is 2.08 bits per heavy atom. The van der Waals surface area contributed by atoms with Crippen LogP contribution in [0.3, 0.4) is 0 Å². The zero-order chi connectivity index (χ0) is 17.7. The predicted molar refractivity (Wildman–Crippen MR) is 93.7 cm³/mol. The van der Waals surface area contributed by atoms with E-state index in [1.54, 1.807) is 6.20 Å². The lowest BCUT2D eigenvalue weighted by Crippen LogP contribution is -2.29. The first-order chi connectivity index (χ1) is 12.0. The molecule has 1 atom stereocenters. The third-order valence-corrected chi connectivity index (χ3v) is 5.61. The molecular formula is C18H20ClFN2O3. The lowest BCUT2D eigenvalue weighted by atomic mass is 9.98. The van der Waals surface area contributed by atoms with Gasteiger partial charge in [-0.15, -0.1) is 0 Å². The number of benzene rings is 1. The second-order valence-corrected chi connectivity index (χ2v) is 7.46. The van der Waals surface area contributed by atoms with Crippen LogP contribution in [-0.2, 0) is 11.2 Å². The predicted octanol–water partition coefficient (Wildman–Crippen LogP) is 2.79. The van der Waals surface area contributed by atoms with Crippen molar-refractivity contribution in [1.29, 1.82) is 0 Å². The Morgan fingerprint density at radius 1 is 1.32 bits per heavy atom. The van der Waals surface area contributed by atoms with Gasteiger partial charge in [0.1, 0.15) is 5.82 Å². The minimum Gasteiger partial charge on any atom is -0.478 e. The topological polar surface area (TPSA) is 64.0 Å². The molecule has 1 saturated carbocycles. The third-order valence-electron chi connectivity index (χ3n) is 5.26. The fourth-order valence-electron chi connectivity index (χ4n) is 3.79. The highest BCUT2D eigenvalue weighted by Crippen LogP contribution is 2.47. The summed E-state index contributed by atoms with van der Waals surface area (Å²) in [6, 6.07) is 1.65. The average Bonchev–Trinajstić information content (AvgIpc) is 3.32. The molecule has 5 nitrogen and oxygen atoms in total. The number of rotatable bonds is 4. The van der Waals surface area contributed by atoms with Gasteiger partial charge in [-0.05, 0) is 30.9 Å². The van der Waals surface area contributed by atoms with Crippen molar-refractivity contribution in [2.75, 3.05) is 29.5 Å². The molecule has 2 N–H and O–H groups in total. The number of aliphatic hydroxyl groups excluding tert-OH is 1. The van der Waals surface area contributed by atoms with Crippen LogP contribution in [0.15, 0.2) is 17.8 Å². The molecular weight excluding hydrogens is 347 g/mol. The normalized spacial score (nSPS) is 22.8. The van der Waals surface area contributed by atoms with E-state index >= 15 is 0 Å². The Kier molecular flexibility index (Phi) is 4.12. The van der Waals surface area contributed by atoms with Gasteiger partial charge in [0.15, 0.2) is 0 Å². The summed E-state index contributed by atoms with van der Waals surface area (Å²) in [6.45, 7) is 1.31. The minimum absolute atomic E-state index is 0.0829. The summed E-state index contributed by atoms with van der Waals surface area (Å²) < 4.78 is 14.8. The van der Waals surface area contributed by atoms with Crippen LogP contribution in [0.1, 0.15) is 24.8 Å². The number of carboxylic acids is 1. The number of aliphatic hydroxyl groups is 1. The van der Waals surface area contributed by atoms with Crippen molar-refractivity contribution in [2.24, 2.45) is 5.92 Å². The van der Waals surface area contributed by atoms with Gasteiger partial charge in [-0.2, -0.15) is 0 Å². The van der Waals surface area contributed by atoms with Crippen LogP contribution in [0.2, 0.25) is 5.02 Å². The number of carbonyl (C=O) groups is 1. The zero-order valence-electron chi connectivity index (χ0n) is 13.7. The monoisotopic (exact) mass is 366 g/mol. The van der Waals surface area contributed by atoms with Crippen LogP contribution in [0.4, 0.5) is 15.8 Å². The molecule has 7 heteroatoms. The van der Waals surface area contributed by atoms with Gasteiger partial charge >= 0.3 is 5.97 Å². The SMILES string of the molecule is O=C(O)C1=CN(C2CC2)c2c(cc(F)c(N3CCC(CO)C3)c2Cl)C1. The number of hydrogen-bond acceptors (Lipinski definition) is 4. The second kappa shape index (κ2) is 6.18. The second-order valence-electron chi connectivity index (χ2n) is 7.09. The largest absolute Gasteiger partial charge is 0.478 e. The molecule has 3 aliphatic rings. The number of halogens is 2. The Balaban J connectivity index is 1.78. The molecule has 1 saturated heterocycles. The van der Waals surface area contributed by atoms with E-state index in [2.05, 4.69) is 0 Å².